The van der Waals surface area contributed by atoms with Crippen LogP contribution in [0.15, 0.2) is 48.5 Å². The Morgan fingerprint density at radius 2 is 1.95 bits per heavy atom. The summed E-state index contributed by atoms with van der Waals surface area (Å²) in [5.74, 6) is 0.597. The van der Waals surface area contributed by atoms with Crippen molar-refractivity contribution < 1.29 is 9.84 Å². The van der Waals surface area contributed by atoms with Gasteiger partial charge in [0.05, 0.1) is 25.5 Å². The van der Waals surface area contributed by atoms with E-state index in [9.17, 15) is 5.11 Å². The van der Waals surface area contributed by atoms with Crippen LogP contribution >= 0.6 is 0 Å². The first-order chi connectivity index (χ1) is 9.33. The molecule has 0 aliphatic heterocycles. The summed E-state index contributed by atoms with van der Waals surface area (Å²) in [4.78, 5) is 4.32. The fourth-order valence-corrected chi connectivity index (χ4v) is 1.87. The predicted molar refractivity (Wildman–Crippen MR) is 73.9 cm³/mol. The smallest absolute Gasteiger partial charge is 0.213 e. The number of hydrogen-bond donors (Lipinski definition) is 2. The summed E-state index contributed by atoms with van der Waals surface area (Å²) in [6, 6.07) is 15.4. The molecule has 1 aromatic heterocycles. The van der Waals surface area contributed by atoms with Gasteiger partial charge in [-0.15, -0.1) is 0 Å². The Labute approximate surface area is 113 Å². The maximum absolute atomic E-state index is 9.45. The largest absolute Gasteiger partial charge is 0.481 e. The molecule has 2 rings (SSSR count). The van der Waals surface area contributed by atoms with E-state index in [0.717, 1.165) is 11.3 Å². The van der Waals surface area contributed by atoms with Crippen molar-refractivity contribution in [2.45, 2.75) is 12.6 Å². The van der Waals surface area contributed by atoms with Gasteiger partial charge in [-0.3, -0.25) is 0 Å². The lowest BCUT2D eigenvalue weighted by Crippen LogP contribution is -2.24. The zero-order valence-corrected chi connectivity index (χ0v) is 10.9. The lowest BCUT2D eigenvalue weighted by Gasteiger charge is -2.16. The van der Waals surface area contributed by atoms with Crippen molar-refractivity contribution in [2.75, 3.05) is 13.7 Å². The van der Waals surface area contributed by atoms with Crippen LogP contribution in [0, 0.1) is 0 Å². The average Bonchev–Trinajstić information content (AvgIpc) is 2.49. The molecular weight excluding hydrogens is 240 g/mol. The topological polar surface area (TPSA) is 54.4 Å². The van der Waals surface area contributed by atoms with Crippen LogP contribution in [0.1, 0.15) is 17.3 Å². The third-order valence-electron chi connectivity index (χ3n) is 2.90. The van der Waals surface area contributed by atoms with Crippen LogP contribution in [-0.2, 0) is 6.54 Å². The van der Waals surface area contributed by atoms with Crippen molar-refractivity contribution in [1.82, 2.24) is 10.3 Å². The van der Waals surface area contributed by atoms with Crippen molar-refractivity contribution >= 4 is 0 Å². The molecule has 0 unspecified atom stereocenters. The van der Waals surface area contributed by atoms with Crippen molar-refractivity contribution in [3.8, 4) is 5.88 Å². The molecule has 2 aromatic rings. The minimum absolute atomic E-state index is 0.0496. The Hall–Kier alpha value is -1.91. The molecule has 4 heteroatoms. The summed E-state index contributed by atoms with van der Waals surface area (Å²) in [5, 5.41) is 12.7. The van der Waals surface area contributed by atoms with Gasteiger partial charge in [0.1, 0.15) is 0 Å². The average molecular weight is 258 g/mol. The van der Waals surface area contributed by atoms with E-state index in [1.54, 1.807) is 7.11 Å². The van der Waals surface area contributed by atoms with E-state index in [2.05, 4.69) is 10.3 Å². The zero-order chi connectivity index (χ0) is 13.5. The zero-order valence-electron chi connectivity index (χ0n) is 10.9. The van der Waals surface area contributed by atoms with Gasteiger partial charge in [0.15, 0.2) is 0 Å². The van der Waals surface area contributed by atoms with E-state index >= 15 is 0 Å². The van der Waals surface area contributed by atoms with Gasteiger partial charge in [0.25, 0.3) is 0 Å². The summed E-state index contributed by atoms with van der Waals surface area (Å²) in [6.07, 6.45) is 0. The number of hydrogen-bond acceptors (Lipinski definition) is 4. The van der Waals surface area contributed by atoms with E-state index in [0.29, 0.717) is 12.4 Å². The second kappa shape index (κ2) is 6.87. The SMILES string of the molecule is COc1cccc(CN[C@H](CO)c2ccccc2)n1. The Bertz CT molecular complexity index is 503. The quantitative estimate of drug-likeness (QED) is 0.831. The molecule has 0 aliphatic rings. The Morgan fingerprint density at radius 1 is 1.16 bits per heavy atom. The highest BCUT2D eigenvalue weighted by Gasteiger charge is 2.09. The molecule has 0 amide bonds. The molecule has 1 atom stereocenters. The van der Waals surface area contributed by atoms with Gasteiger partial charge in [-0.25, -0.2) is 4.98 Å². The molecule has 0 radical (unpaired) electrons. The first-order valence-electron chi connectivity index (χ1n) is 6.22. The minimum atomic E-state index is -0.0887. The van der Waals surface area contributed by atoms with Crippen molar-refractivity contribution in [3.63, 3.8) is 0 Å². The number of aliphatic hydroxyl groups is 1. The number of ether oxygens (including phenoxy) is 1. The van der Waals surface area contributed by atoms with E-state index in [1.807, 2.05) is 48.5 Å². The number of nitrogens with zero attached hydrogens (tertiary/aromatic N) is 1. The number of rotatable bonds is 6. The highest BCUT2D eigenvalue weighted by atomic mass is 16.5. The number of methoxy groups -OCH3 is 1. The fraction of sp³-hybridized carbons (Fsp3) is 0.267. The molecule has 100 valence electrons. The summed E-state index contributed by atoms with van der Waals surface area (Å²) in [7, 11) is 1.60. The summed E-state index contributed by atoms with van der Waals surface area (Å²) >= 11 is 0. The maximum atomic E-state index is 9.45. The van der Waals surface area contributed by atoms with Crippen LogP contribution in [0.3, 0.4) is 0 Å². The van der Waals surface area contributed by atoms with Crippen LogP contribution in [0.5, 0.6) is 5.88 Å². The molecule has 0 spiro atoms. The normalized spacial score (nSPS) is 12.1. The predicted octanol–water partition coefficient (Wildman–Crippen LogP) is 1.91. The summed E-state index contributed by atoms with van der Waals surface area (Å²) in [6.45, 7) is 0.630. The molecule has 19 heavy (non-hydrogen) atoms. The second-order valence-electron chi connectivity index (χ2n) is 4.20. The maximum Gasteiger partial charge on any atom is 0.213 e. The number of pyridine rings is 1. The van der Waals surface area contributed by atoms with Crippen LogP contribution in [-0.4, -0.2) is 23.8 Å². The van der Waals surface area contributed by atoms with Crippen LogP contribution in [0.2, 0.25) is 0 Å². The molecule has 1 aromatic carbocycles. The van der Waals surface area contributed by atoms with Crippen LogP contribution < -0.4 is 10.1 Å². The number of nitrogens with one attached hydrogen (secondary N) is 1. The van der Waals surface area contributed by atoms with Crippen molar-refractivity contribution in [2.24, 2.45) is 0 Å². The molecule has 0 fully saturated rings. The lowest BCUT2D eigenvalue weighted by molar-refractivity contribution is 0.243. The molecule has 4 nitrogen and oxygen atoms in total. The number of aliphatic hydroxyl groups excluding tert-OH is 1. The van der Waals surface area contributed by atoms with Crippen LogP contribution in [0.25, 0.3) is 0 Å². The van der Waals surface area contributed by atoms with E-state index in [4.69, 9.17) is 4.74 Å². The van der Waals surface area contributed by atoms with Gasteiger partial charge >= 0.3 is 0 Å². The summed E-state index contributed by atoms with van der Waals surface area (Å²) < 4.78 is 5.08. The van der Waals surface area contributed by atoms with Crippen molar-refractivity contribution in [1.29, 1.82) is 0 Å². The van der Waals surface area contributed by atoms with Crippen molar-refractivity contribution in [3.05, 3.63) is 59.8 Å². The Balaban J connectivity index is 2.00. The van der Waals surface area contributed by atoms with Gasteiger partial charge in [-0.05, 0) is 11.6 Å². The first kappa shape index (κ1) is 13.5. The van der Waals surface area contributed by atoms with E-state index in [-0.39, 0.29) is 12.6 Å². The number of aromatic nitrogens is 1. The summed E-state index contributed by atoms with van der Waals surface area (Å²) in [5.41, 5.74) is 1.95. The molecule has 0 bridgehead atoms. The molecular formula is C15H18N2O2. The van der Waals surface area contributed by atoms with E-state index in [1.165, 1.54) is 0 Å². The second-order valence-corrected chi connectivity index (χ2v) is 4.20. The monoisotopic (exact) mass is 258 g/mol. The highest BCUT2D eigenvalue weighted by Crippen LogP contribution is 2.13. The van der Waals surface area contributed by atoms with E-state index < -0.39 is 0 Å². The standard InChI is InChI=1S/C15H18N2O2/c1-19-15-9-5-8-13(17-15)10-16-14(11-18)12-6-3-2-4-7-12/h2-9,14,16,18H,10-11H2,1H3/t14-/m1/s1. The van der Waals surface area contributed by atoms with Gasteiger partial charge in [0.2, 0.25) is 5.88 Å². The molecule has 0 saturated carbocycles. The highest BCUT2D eigenvalue weighted by molar-refractivity contribution is 5.20. The molecule has 2 N–H and O–H groups in total. The van der Waals surface area contributed by atoms with Crippen LogP contribution in [0.4, 0.5) is 0 Å². The lowest BCUT2D eigenvalue weighted by atomic mass is 10.1. The molecule has 1 heterocycles. The minimum Gasteiger partial charge on any atom is -0.481 e. The first-order valence-corrected chi connectivity index (χ1v) is 6.22. The molecule has 0 aliphatic carbocycles. The Morgan fingerprint density at radius 3 is 2.63 bits per heavy atom. The number of benzene rings is 1. The van der Waals surface area contributed by atoms with Gasteiger partial charge in [-0.2, -0.15) is 0 Å². The van der Waals surface area contributed by atoms with Gasteiger partial charge in [-0.1, -0.05) is 36.4 Å². The third-order valence-corrected chi connectivity index (χ3v) is 2.90. The Kier molecular flexibility index (Phi) is 4.89. The molecule has 0 saturated heterocycles. The van der Waals surface area contributed by atoms with Gasteiger partial charge < -0.3 is 15.2 Å². The van der Waals surface area contributed by atoms with Gasteiger partial charge in [0, 0.05) is 12.6 Å². The fourth-order valence-electron chi connectivity index (χ4n) is 1.87. The third kappa shape index (κ3) is 3.77.